The van der Waals surface area contributed by atoms with Crippen molar-refractivity contribution in [2.75, 3.05) is 21.9 Å². The predicted octanol–water partition coefficient (Wildman–Crippen LogP) is 2.06. The van der Waals surface area contributed by atoms with Crippen LogP contribution in [0.15, 0.2) is 47.3 Å². The quantitative estimate of drug-likeness (QED) is 0.710. The molecule has 1 fully saturated rings. The summed E-state index contributed by atoms with van der Waals surface area (Å²) in [5.74, 6) is -0.222. The number of hydrogen-bond donors (Lipinski definition) is 1. The van der Waals surface area contributed by atoms with Gasteiger partial charge in [0.25, 0.3) is 5.91 Å². The van der Waals surface area contributed by atoms with Gasteiger partial charge in [-0.15, -0.1) is 0 Å². The first-order valence-corrected chi connectivity index (χ1v) is 11.0. The van der Waals surface area contributed by atoms with E-state index in [2.05, 4.69) is 5.32 Å². The third-order valence-corrected chi connectivity index (χ3v) is 7.14. The third kappa shape index (κ3) is 3.42. The van der Waals surface area contributed by atoms with E-state index in [9.17, 15) is 18.0 Å². The molecule has 0 spiro atoms. The van der Waals surface area contributed by atoms with Crippen molar-refractivity contribution >= 4 is 38.3 Å². The molecule has 1 aliphatic rings. The van der Waals surface area contributed by atoms with Crippen molar-refractivity contribution in [1.29, 1.82) is 0 Å². The standard InChI is InChI=1S/C20H22N4O4S/c1-22-17-9-8-15(13-18(17)23(2)20(22)26)21-19(25)14-6-5-7-16(12-14)24-10-3-4-11-29(24,27)28/h5-9,12-13H,3-4,10-11H2,1-2H3,(H,21,25). The molecule has 0 bridgehead atoms. The maximum absolute atomic E-state index is 12.8. The minimum Gasteiger partial charge on any atom is -0.322 e. The molecule has 1 saturated heterocycles. The maximum atomic E-state index is 12.8. The van der Waals surface area contributed by atoms with E-state index in [1.54, 1.807) is 61.1 Å². The highest BCUT2D eigenvalue weighted by atomic mass is 32.2. The molecule has 3 aromatic rings. The first kappa shape index (κ1) is 19.3. The molecular weight excluding hydrogens is 392 g/mol. The van der Waals surface area contributed by atoms with Crippen molar-refractivity contribution in [2.45, 2.75) is 12.8 Å². The molecular formula is C20H22N4O4S. The van der Waals surface area contributed by atoms with Crippen molar-refractivity contribution < 1.29 is 13.2 Å². The summed E-state index contributed by atoms with van der Waals surface area (Å²) < 4.78 is 29.1. The van der Waals surface area contributed by atoms with Crippen LogP contribution in [0.1, 0.15) is 23.2 Å². The lowest BCUT2D eigenvalue weighted by molar-refractivity contribution is 0.102. The first-order valence-electron chi connectivity index (χ1n) is 9.35. The molecule has 9 heteroatoms. The van der Waals surface area contributed by atoms with Crippen LogP contribution in [0.5, 0.6) is 0 Å². The Morgan fingerprint density at radius 2 is 1.76 bits per heavy atom. The number of sulfonamides is 1. The molecule has 0 saturated carbocycles. The second-order valence-corrected chi connectivity index (χ2v) is 9.22. The molecule has 1 aliphatic heterocycles. The molecule has 2 aromatic carbocycles. The van der Waals surface area contributed by atoms with E-state index in [0.29, 0.717) is 35.4 Å². The maximum Gasteiger partial charge on any atom is 0.328 e. The van der Waals surface area contributed by atoms with Crippen LogP contribution in [0.25, 0.3) is 11.0 Å². The average Bonchev–Trinajstić information content (AvgIpc) is 2.91. The predicted molar refractivity (Wildman–Crippen MR) is 113 cm³/mol. The number of rotatable bonds is 3. The Hall–Kier alpha value is -3.07. The summed E-state index contributed by atoms with van der Waals surface area (Å²) in [5.41, 5.74) is 2.76. The van der Waals surface area contributed by atoms with E-state index >= 15 is 0 Å². The largest absolute Gasteiger partial charge is 0.328 e. The van der Waals surface area contributed by atoms with Crippen LogP contribution in [-0.2, 0) is 24.1 Å². The third-order valence-electron chi connectivity index (χ3n) is 5.28. The highest BCUT2D eigenvalue weighted by molar-refractivity contribution is 7.92. The summed E-state index contributed by atoms with van der Waals surface area (Å²) in [7, 11) is 0.0350. The molecule has 2 heterocycles. The second-order valence-electron chi connectivity index (χ2n) is 7.20. The monoisotopic (exact) mass is 414 g/mol. The van der Waals surface area contributed by atoms with E-state index in [1.807, 2.05) is 0 Å². The molecule has 152 valence electrons. The number of aromatic nitrogens is 2. The highest BCUT2D eigenvalue weighted by Crippen LogP contribution is 2.25. The zero-order chi connectivity index (χ0) is 20.8. The van der Waals surface area contributed by atoms with Crippen molar-refractivity contribution in [1.82, 2.24) is 9.13 Å². The minimum atomic E-state index is -3.34. The summed E-state index contributed by atoms with van der Waals surface area (Å²) >= 11 is 0. The van der Waals surface area contributed by atoms with Crippen LogP contribution in [0.2, 0.25) is 0 Å². The van der Waals surface area contributed by atoms with Gasteiger partial charge in [0.1, 0.15) is 0 Å². The minimum absolute atomic E-state index is 0.124. The number of amides is 1. The van der Waals surface area contributed by atoms with Crippen molar-refractivity contribution in [3.63, 3.8) is 0 Å². The Balaban J connectivity index is 1.62. The molecule has 29 heavy (non-hydrogen) atoms. The highest BCUT2D eigenvalue weighted by Gasteiger charge is 2.26. The lowest BCUT2D eigenvalue weighted by Crippen LogP contribution is -2.37. The molecule has 8 nitrogen and oxygen atoms in total. The van der Waals surface area contributed by atoms with Crippen LogP contribution in [0.3, 0.4) is 0 Å². The van der Waals surface area contributed by atoms with E-state index in [4.69, 9.17) is 0 Å². The van der Waals surface area contributed by atoms with Gasteiger partial charge in [-0.3, -0.25) is 18.2 Å². The molecule has 0 radical (unpaired) electrons. The van der Waals surface area contributed by atoms with Gasteiger partial charge in [0.05, 0.1) is 22.5 Å². The summed E-state index contributed by atoms with van der Waals surface area (Å²) in [4.78, 5) is 24.8. The van der Waals surface area contributed by atoms with Gasteiger partial charge in [0.15, 0.2) is 0 Å². The Morgan fingerprint density at radius 3 is 2.52 bits per heavy atom. The summed E-state index contributed by atoms with van der Waals surface area (Å²) in [6, 6.07) is 11.9. The van der Waals surface area contributed by atoms with E-state index in [0.717, 1.165) is 11.9 Å². The molecule has 1 N–H and O–H groups in total. The summed E-state index contributed by atoms with van der Waals surface area (Å²) in [5, 5.41) is 2.83. The number of benzene rings is 2. The van der Waals surface area contributed by atoms with Crippen LogP contribution in [-0.4, -0.2) is 35.8 Å². The Morgan fingerprint density at radius 1 is 1.00 bits per heavy atom. The lowest BCUT2D eigenvalue weighted by Gasteiger charge is -2.28. The van der Waals surface area contributed by atoms with Gasteiger partial charge >= 0.3 is 5.69 Å². The number of carbonyl (C=O) groups is 1. The lowest BCUT2D eigenvalue weighted by atomic mass is 10.1. The van der Waals surface area contributed by atoms with E-state index < -0.39 is 10.0 Å². The fourth-order valence-corrected chi connectivity index (χ4v) is 5.30. The molecule has 0 aliphatic carbocycles. The van der Waals surface area contributed by atoms with Gasteiger partial charge in [0.2, 0.25) is 10.0 Å². The van der Waals surface area contributed by atoms with Crippen molar-refractivity contribution in [3.8, 4) is 0 Å². The van der Waals surface area contributed by atoms with Crippen LogP contribution < -0.4 is 15.3 Å². The topological polar surface area (TPSA) is 93.4 Å². The molecule has 4 rings (SSSR count). The van der Waals surface area contributed by atoms with Crippen LogP contribution >= 0.6 is 0 Å². The Bertz CT molecular complexity index is 1270. The number of hydrogen-bond acceptors (Lipinski definition) is 4. The molecule has 1 aromatic heterocycles. The Labute approximate surface area is 168 Å². The zero-order valence-corrected chi connectivity index (χ0v) is 17.1. The van der Waals surface area contributed by atoms with Gasteiger partial charge in [-0.25, -0.2) is 13.2 Å². The molecule has 1 amide bonds. The van der Waals surface area contributed by atoms with Crippen molar-refractivity contribution in [2.24, 2.45) is 14.1 Å². The number of nitrogens with zero attached hydrogens (tertiary/aromatic N) is 3. The fraction of sp³-hybridized carbons (Fsp3) is 0.300. The summed E-state index contributed by atoms with van der Waals surface area (Å²) in [6.07, 6.45) is 1.45. The number of carbonyl (C=O) groups excluding carboxylic acids is 1. The van der Waals surface area contributed by atoms with E-state index in [1.165, 1.54) is 8.87 Å². The fourth-order valence-electron chi connectivity index (χ4n) is 3.67. The number of imidazole rings is 1. The molecule has 0 unspecified atom stereocenters. The van der Waals surface area contributed by atoms with Crippen LogP contribution in [0.4, 0.5) is 11.4 Å². The van der Waals surface area contributed by atoms with Gasteiger partial charge in [0, 0.05) is 31.9 Å². The van der Waals surface area contributed by atoms with Crippen LogP contribution in [0, 0.1) is 0 Å². The number of anilines is 2. The number of fused-ring (bicyclic) bond motifs is 1. The number of nitrogens with one attached hydrogen (secondary N) is 1. The zero-order valence-electron chi connectivity index (χ0n) is 16.3. The van der Waals surface area contributed by atoms with E-state index in [-0.39, 0.29) is 17.3 Å². The van der Waals surface area contributed by atoms with Gasteiger partial charge in [-0.05, 0) is 49.2 Å². The van der Waals surface area contributed by atoms with Crippen molar-refractivity contribution in [3.05, 3.63) is 58.5 Å². The summed E-state index contributed by atoms with van der Waals surface area (Å²) in [6.45, 7) is 0.423. The van der Waals surface area contributed by atoms with Gasteiger partial charge in [-0.1, -0.05) is 6.07 Å². The first-order chi connectivity index (χ1) is 13.8. The average molecular weight is 414 g/mol. The smallest absolute Gasteiger partial charge is 0.322 e. The van der Waals surface area contributed by atoms with Gasteiger partial charge in [-0.2, -0.15) is 0 Å². The Kier molecular flexibility index (Phi) is 4.70. The second kappa shape index (κ2) is 7.07. The molecule has 0 atom stereocenters. The SMILES string of the molecule is Cn1c(=O)n(C)c2cc(NC(=O)c3cccc(N4CCCCS4(=O)=O)c3)ccc21. The normalized spacial score (nSPS) is 16.1. The van der Waals surface area contributed by atoms with Gasteiger partial charge < -0.3 is 5.32 Å². The number of aryl methyl sites for hydroxylation is 2.